The molecule has 1 aromatic rings. The summed E-state index contributed by atoms with van der Waals surface area (Å²) in [5.41, 5.74) is 0.767. The third kappa shape index (κ3) is 3.53. The van der Waals surface area contributed by atoms with Gasteiger partial charge in [-0.25, -0.2) is 4.79 Å². The average molecular weight is 359 g/mol. The van der Waals surface area contributed by atoms with Crippen molar-refractivity contribution < 1.29 is 14.5 Å². The van der Waals surface area contributed by atoms with E-state index in [0.29, 0.717) is 12.1 Å². The zero-order valence-electron chi connectivity index (χ0n) is 12.3. The number of ether oxygens (including phenoxy) is 1. The van der Waals surface area contributed by atoms with Crippen LogP contribution in [-0.4, -0.2) is 34.9 Å². The molecule has 1 saturated carbocycles. The molecule has 0 spiro atoms. The molecule has 23 heavy (non-hydrogen) atoms. The zero-order chi connectivity index (χ0) is 16.6. The van der Waals surface area contributed by atoms with Crippen LogP contribution in [0.1, 0.15) is 29.6 Å². The Morgan fingerprint density at radius 2 is 2.04 bits per heavy atom. The number of halogens is 2. The molecule has 2 aliphatic rings. The summed E-state index contributed by atoms with van der Waals surface area (Å²) < 4.78 is 4.45. The second-order valence-electron chi connectivity index (χ2n) is 5.91. The highest BCUT2D eigenvalue weighted by atomic mass is 35.5. The Kier molecular flexibility index (Phi) is 4.38. The highest BCUT2D eigenvalue weighted by Crippen LogP contribution is 2.53. The third-order valence-corrected chi connectivity index (χ3v) is 5.15. The SMILES string of the molecule is O=C(OC[C@H]1CC1(Cl)Cl)c1cc([N+](=O)[O-])ccc1N1CCCC1. The number of rotatable bonds is 5. The fourth-order valence-corrected chi connectivity index (χ4v) is 3.24. The van der Waals surface area contributed by atoms with E-state index in [4.69, 9.17) is 27.9 Å². The van der Waals surface area contributed by atoms with E-state index >= 15 is 0 Å². The van der Waals surface area contributed by atoms with E-state index in [2.05, 4.69) is 0 Å². The lowest BCUT2D eigenvalue weighted by Gasteiger charge is -2.20. The summed E-state index contributed by atoms with van der Waals surface area (Å²) >= 11 is 11.8. The number of alkyl halides is 2. The Morgan fingerprint density at radius 3 is 2.61 bits per heavy atom. The molecule has 1 aliphatic carbocycles. The average Bonchev–Trinajstić information content (AvgIpc) is 2.93. The van der Waals surface area contributed by atoms with E-state index in [9.17, 15) is 14.9 Å². The summed E-state index contributed by atoms with van der Waals surface area (Å²) in [6.45, 7) is 1.77. The number of carbonyl (C=O) groups is 1. The van der Waals surface area contributed by atoms with Gasteiger partial charge >= 0.3 is 5.97 Å². The fourth-order valence-electron chi connectivity index (χ4n) is 2.74. The first-order valence-electron chi connectivity index (χ1n) is 7.47. The van der Waals surface area contributed by atoms with Crippen LogP contribution in [0.4, 0.5) is 11.4 Å². The van der Waals surface area contributed by atoms with Crippen molar-refractivity contribution in [2.24, 2.45) is 5.92 Å². The van der Waals surface area contributed by atoms with E-state index in [1.54, 1.807) is 6.07 Å². The van der Waals surface area contributed by atoms with Gasteiger partial charge in [0.2, 0.25) is 0 Å². The normalized spacial score (nSPS) is 22.0. The largest absolute Gasteiger partial charge is 0.462 e. The number of carbonyl (C=O) groups excluding carboxylic acids is 1. The van der Waals surface area contributed by atoms with Gasteiger partial charge < -0.3 is 9.64 Å². The molecule has 0 amide bonds. The number of non-ortho nitro benzene ring substituents is 1. The van der Waals surface area contributed by atoms with Gasteiger partial charge in [0, 0.05) is 31.1 Å². The molecule has 0 aromatic heterocycles. The summed E-state index contributed by atoms with van der Waals surface area (Å²) in [6.07, 6.45) is 2.65. The molecule has 8 heteroatoms. The quantitative estimate of drug-likeness (QED) is 0.348. The van der Waals surface area contributed by atoms with Gasteiger partial charge in [-0.3, -0.25) is 10.1 Å². The van der Waals surface area contributed by atoms with Crippen LogP contribution in [0.5, 0.6) is 0 Å². The highest BCUT2D eigenvalue weighted by molar-refractivity contribution is 6.50. The lowest BCUT2D eigenvalue weighted by Crippen LogP contribution is -2.22. The van der Waals surface area contributed by atoms with Crippen LogP contribution in [0.3, 0.4) is 0 Å². The maximum absolute atomic E-state index is 12.4. The van der Waals surface area contributed by atoms with Crippen LogP contribution in [0.15, 0.2) is 18.2 Å². The third-order valence-electron chi connectivity index (χ3n) is 4.23. The molecule has 0 radical (unpaired) electrons. The van der Waals surface area contributed by atoms with Gasteiger partial charge in [-0.15, -0.1) is 23.2 Å². The maximum Gasteiger partial charge on any atom is 0.340 e. The number of benzene rings is 1. The number of hydrogen-bond donors (Lipinski definition) is 0. The minimum atomic E-state index is -0.819. The molecule has 3 rings (SSSR count). The first-order chi connectivity index (χ1) is 10.9. The standard InChI is InChI=1S/C15H16Cl2N2O4/c16-15(17)8-10(15)9-23-14(20)12-7-11(19(21)22)3-4-13(12)18-5-1-2-6-18/h3-4,7,10H,1-2,5-6,8-9H2/t10-/m1/s1. The van der Waals surface area contributed by atoms with Crippen LogP contribution in [0.2, 0.25) is 0 Å². The van der Waals surface area contributed by atoms with E-state index in [-0.39, 0.29) is 23.8 Å². The van der Waals surface area contributed by atoms with Gasteiger partial charge in [0.1, 0.15) is 4.33 Å². The van der Waals surface area contributed by atoms with Gasteiger partial charge in [-0.05, 0) is 25.3 Å². The minimum absolute atomic E-state index is 0.0799. The van der Waals surface area contributed by atoms with Crippen molar-refractivity contribution in [3.63, 3.8) is 0 Å². The fraction of sp³-hybridized carbons (Fsp3) is 0.533. The first-order valence-corrected chi connectivity index (χ1v) is 8.22. The molecule has 124 valence electrons. The van der Waals surface area contributed by atoms with Crippen LogP contribution in [0, 0.1) is 16.0 Å². The molecule has 1 saturated heterocycles. The summed E-state index contributed by atoms with van der Waals surface area (Å²) in [6, 6.07) is 4.30. The Hall–Kier alpha value is -1.53. The Bertz CT molecular complexity index is 644. The van der Waals surface area contributed by atoms with Crippen molar-refractivity contribution in [2.75, 3.05) is 24.6 Å². The summed E-state index contributed by atoms with van der Waals surface area (Å²) in [7, 11) is 0. The topological polar surface area (TPSA) is 72.7 Å². The van der Waals surface area contributed by atoms with Gasteiger partial charge in [-0.1, -0.05) is 0 Å². The van der Waals surface area contributed by atoms with Gasteiger partial charge in [-0.2, -0.15) is 0 Å². The number of nitro benzene ring substituents is 1. The number of esters is 1. The van der Waals surface area contributed by atoms with E-state index in [0.717, 1.165) is 25.9 Å². The summed E-state index contributed by atoms with van der Waals surface area (Å²) in [5.74, 6) is -0.657. The lowest BCUT2D eigenvalue weighted by molar-refractivity contribution is -0.384. The number of anilines is 1. The molecule has 0 unspecified atom stereocenters. The Labute approximate surface area is 143 Å². The molecular weight excluding hydrogens is 343 g/mol. The second kappa shape index (κ2) is 6.17. The second-order valence-corrected chi connectivity index (χ2v) is 7.46. The van der Waals surface area contributed by atoms with Crippen molar-refractivity contribution in [2.45, 2.75) is 23.6 Å². The molecule has 6 nitrogen and oxygen atoms in total. The predicted octanol–water partition coefficient (Wildman–Crippen LogP) is 3.55. The van der Waals surface area contributed by atoms with Crippen LogP contribution in [-0.2, 0) is 4.74 Å². The smallest absolute Gasteiger partial charge is 0.340 e. The predicted molar refractivity (Wildman–Crippen MR) is 87.4 cm³/mol. The van der Waals surface area contributed by atoms with E-state index in [1.807, 2.05) is 4.90 Å². The van der Waals surface area contributed by atoms with Gasteiger partial charge in [0.15, 0.2) is 0 Å². The lowest BCUT2D eigenvalue weighted by atomic mass is 10.1. The summed E-state index contributed by atoms with van der Waals surface area (Å²) in [5, 5.41) is 11.0. The molecule has 1 aromatic carbocycles. The Morgan fingerprint density at radius 1 is 1.39 bits per heavy atom. The molecule has 1 aliphatic heterocycles. The van der Waals surface area contributed by atoms with Crippen LogP contribution in [0.25, 0.3) is 0 Å². The number of hydrogen-bond acceptors (Lipinski definition) is 5. The minimum Gasteiger partial charge on any atom is -0.462 e. The van der Waals surface area contributed by atoms with Crippen molar-refractivity contribution >= 4 is 40.5 Å². The molecule has 0 N–H and O–H groups in total. The number of nitro groups is 1. The van der Waals surface area contributed by atoms with Gasteiger partial charge in [0.25, 0.3) is 5.69 Å². The molecule has 1 heterocycles. The van der Waals surface area contributed by atoms with Crippen molar-refractivity contribution in [3.05, 3.63) is 33.9 Å². The molecule has 0 bridgehead atoms. The maximum atomic E-state index is 12.4. The van der Waals surface area contributed by atoms with Crippen molar-refractivity contribution in [3.8, 4) is 0 Å². The summed E-state index contributed by atoms with van der Waals surface area (Å²) in [4.78, 5) is 24.9. The van der Waals surface area contributed by atoms with E-state index in [1.165, 1.54) is 12.1 Å². The first kappa shape index (κ1) is 16.3. The zero-order valence-corrected chi connectivity index (χ0v) is 13.8. The van der Waals surface area contributed by atoms with Crippen LogP contribution >= 0.6 is 23.2 Å². The van der Waals surface area contributed by atoms with Crippen LogP contribution < -0.4 is 4.90 Å². The van der Waals surface area contributed by atoms with Crippen molar-refractivity contribution in [1.82, 2.24) is 0 Å². The van der Waals surface area contributed by atoms with Crippen molar-refractivity contribution in [1.29, 1.82) is 0 Å². The molecular formula is C15H16Cl2N2O4. The highest BCUT2D eigenvalue weighted by Gasteiger charge is 2.52. The van der Waals surface area contributed by atoms with E-state index < -0.39 is 15.2 Å². The molecule has 1 atom stereocenters. The Balaban J connectivity index is 1.80. The monoisotopic (exact) mass is 358 g/mol. The molecule has 2 fully saturated rings. The van der Waals surface area contributed by atoms with Gasteiger partial charge in [0.05, 0.1) is 22.8 Å². The number of nitrogens with zero attached hydrogens (tertiary/aromatic N) is 2.